The lowest BCUT2D eigenvalue weighted by Crippen LogP contribution is -2.46. The molecule has 4 aliphatic rings. The van der Waals surface area contributed by atoms with Gasteiger partial charge in [0.25, 0.3) is 11.7 Å². The van der Waals surface area contributed by atoms with Crippen molar-refractivity contribution in [2.24, 2.45) is 33.7 Å². The Balaban J connectivity index is 1.37. The van der Waals surface area contributed by atoms with E-state index in [0.717, 1.165) is 6.54 Å². The average Bonchev–Trinajstić information content (AvgIpc) is 3.77. The van der Waals surface area contributed by atoms with Gasteiger partial charge in [-0.3, -0.25) is 29.3 Å². The fourth-order valence-corrected chi connectivity index (χ4v) is 9.50. The maximum absolute atomic E-state index is 14.8. The topological polar surface area (TPSA) is 209 Å². The molecular weight excluding hydrogens is 821 g/mol. The fraction of sp³-hybridized carbons (Fsp3) is 0.490. The molecule has 0 radical (unpaired) electrons. The number of anilines is 1. The third-order valence-electron chi connectivity index (χ3n) is 13.5. The number of phenols is 2. The Morgan fingerprint density at radius 2 is 1.59 bits per heavy atom. The number of likely N-dealkylation sites (tertiary alicyclic amines) is 1. The number of piperidine rings is 1. The van der Waals surface area contributed by atoms with Crippen LogP contribution in [0, 0.1) is 30.6 Å². The number of carbonyl (C=O) groups is 3. The normalized spacial score (nSPS) is 31.5. The number of hydrogen-bond acceptors (Lipinski definition) is 14. The number of fused-ring (bicyclic) bond motifs is 1. The maximum atomic E-state index is 14.8. The summed E-state index contributed by atoms with van der Waals surface area (Å²) in [6.45, 7) is 14.9. The third kappa shape index (κ3) is 8.53. The molecule has 0 aromatic heterocycles. The number of nitrogens with zero attached hydrogens (tertiary/aromatic N) is 3. The summed E-state index contributed by atoms with van der Waals surface area (Å²) in [5.41, 5.74) is 0.523. The number of amides is 1. The first-order valence-electron chi connectivity index (χ1n) is 21.9. The number of hydrogen-bond donors (Lipinski definition) is 5. The zero-order chi connectivity index (χ0) is 46.4. The molecular formula is C49H60N4O11. The molecule has 9 atom stereocenters. The van der Waals surface area contributed by atoms with Gasteiger partial charge in [0.2, 0.25) is 0 Å². The molecule has 4 aliphatic heterocycles. The zero-order valence-electron chi connectivity index (χ0n) is 37.9. The fourth-order valence-electron chi connectivity index (χ4n) is 9.50. The number of methoxy groups -OCH3 is 1. The van der Waals surface area contributed by atoms with E-state index < -0.39 is 82.9 Å². The quantitative estimate of drug-likeness (QED) is 0.167. The van der Waals surface area contributed by atoms with E-state index in [4.69, 9.17) is 28.9 Å². The van der Waals surface area contributed by atoms with Gasteiger partial charge in [-0.2, -0.15) is 0 Å². The minimum absolute atomic E-state index is 0.0265. The van der Waals surface area contributed by atoms with E-state index >= 15 is 0 Å². The van der Waals surface area contributed by atoms with Crippen molar-refractivity contribution in [2.75, 3.05) is 25.5 Å². The summed E-state index contributed by atoms with van der Waals surface area (Å²) in [7, 11) is 1.47. The lowest BCUT2D eigenvalue weighted by atomic mass is 9.78. The number of carbonyl (C=O) groups excluding carboxylic acids is 3. The molecule has 342 valence electrons. The number of aliphatic hydroxyl groups is 2. The molecule has 3 aromatic rings. The van der Waals surface area contributed by atoms with Gasteiger partial charge >= 0.3 is 11.8 Å². The molecule has 1 amide bonds. The standard InChI is InChI=1S/C49H60N4O11/c1-25-14-13-15-26(2)47(60)50-39-38-37(51-49(52-38)19-21-53(22-20-49)24-32-16-11-10-12-17-32)34-35(43(39)58)42(57)30(6)45-36(34)46(59)48(8,64-45)62-23-18-33(61-9)27(3)44(63-31(7)54)29(5)41(56)28(4)40(25)55/h10-18,23,25,27-29,33,40-41,44,55-58H,19-22,24H2,1-9H3,(H,50,60)/b14-13+,23-18+,26-15-/t25-,27+,28+,29+,33-,40-,41+,44+,48-/m0/s1. The van der Waals surface area contributed by atoms with Crippen molar-refractivity contribution in [3.8, 4) is 17.2 Å². The summed E-state index contributed by atoms with van der Waals surface area (Å²) in [4.78, 5) is 53.9. The highest BCUT2D eigenvalue weighted by molar-refractivity contribution is 6.19. The molecule has 64 heavy (non-hydrogen) atoms. The van der Waals surface area contributed by atoms with Crippen molar-refractivity contribution < 1.29 is 53.8 Å². The molecule has 0 unspecified atom stereocenters. The second-order valence-electron chi connectivity index (χ2n) is 18.0. The number of allylic oxidation sites excluding steroid dienone is 2. The Morgan fingerprint density at radius 3 is 2.25 bits per heavy atom. The summed E-state index contributed by atoms with van der Waals surface area (Å²) < 4.78 is 24.0. The van der Waals surface area contributed by atoms with Crippen LogP contribution in [0.5, 0.6) is 17.2 Å². The van der Waals surface area contributed by atoms with Gasteiger partial charge in [-0.05, 0) is 25.5 Å². The molecule has 4 bridgehead atoms. The van der Waals surface area contributed by atoms with E-state index in [0.29, 0.717) is 25.9 Å². The van der Waals surface area contributed by atoms with Crippen LogP contribution < -0.4 is 20.8 Å². The summed E-state index contributed by atoms with van der Waals surface area (Å²) >= 11 is 0. The molecule has 1 fully saturated rings. The molecule has 5 N–H and O–H groups in total. The number of ether oxygens (including phenoxy) is 4. The number of phenolic OH excluding ortho intramolecular Hbond substituents is 2. The number of aromatic hydroxyl groups is 2. The highest BCUT2D eigenvalue weighted by atomic mass is 16.7. The van der Waals surface area contributed by atoms with Gasteiger partial charge in [0.05, 0.1) is 40.9 Å². The first-order chi connectivity index (χ1) is 30.3. The van der Waals surface area contributed by atoms with Crippen LogP contribution in [0.1, 0.15) is 82.8 Å². The Morgan fingerprint density at radius 1 is 0.922 bits per heavy atom. The Kier molecular flexibility index (Phi) is 13.1. The predicted octanol–water partition coefficient (Wildman–Crippen LogP) is 5.29. The van der Waals surface area contributed by atoms with Crippen molar-refractivity contribution in [1.29, 1.82) is 0 Å². The van der Waals surface area contributed by atoms with E-state index in [1.165, 1.54) is 32.8 Å². The Labute approximate surface area is 372 Å². The van der Waals surface area contributed by atoms with Gasteiger partial charge < -0.3 is 44.7 Å². The second-order valence-corrected chi connectivity index (χ2v) is 18.0. The molecule has 0 aliphatic carbocycles. The first-order valence-corrected chi connectivity index (χ1v) is 21.9. The van der Waals surface area contributed by atoms with Crippen molar-refractivity contribution in [3.63, 3.8) is 0 Å². The lowest BCUT2D eigenvalue weighted by molar-refractivity contribution is -0.160. The predicted molar refractivity (Wildman–Crippen MR) is 238 cm³/mol. The highest BCUT2D eigenvalue weighted by Crippen LogP contribution is 2.50. The van der Waals surface area contributed by atoms with Crippen molar-refractivity contribution in [2.45, 2.75) is 111 Å². The van der Waals surface area contributed by atoms with Gasteiger partial charge in [-0.25, -0.2) is 0 Å². The van der Waals surface area contributed by atoms with Gasteiger partial charge in [-0.1, -0.05) is 76.3 Å². The van der Waals surface area contributed by atoms with Crippen LogP contribution in [0.15, 0.2) is 76.5 Å². The maximum Gasteiger partial charge on any atom is 0.312 e. The van der Waals surface area contributed by atoms with Crippen molar-refractivity contribution in [1.82, 2.24) is 4.90 Å². The average molecular weight is 881 g/mol. The van der Waals surface area contributed by atoms with Gasteiger partial charge in [-0.15, -0.1) is 0 Å². The van der Waals surface area contributed by atoms with Gasteiger partial charge in [0.15, 0.2) is 11.4 Å². The number of benzene rings is 3. The van der Waals surface area contributed by atoms with Crippen LogP contribution in [-0.2, 0) is 30.3 Å². The highest BCUT2D eigenvalue weighted by Gasteiger charge is 2.50. The third-order valence-corrected chi connectivity index (χ3v) is 13.5. The van der Waals surface area contributed by atoms with E-state index in [1.54, 1.807) is 65.8 Å². The molecule has 15 nitrogen and oxygen atoms in total. The van der Waals surface area contributed by atoms with E-state index in [9.17, 15) is 34.8 Å². The largest absolute Gasteiger partial charge is 0.507 e. The number of nitrogens with one attached hydrogen (secondary N) is 1. The van der Waals surface area contributed by atoms with Crippen LogP contribution in [0.3, 0.4) is 0 Å². The van der Waals surface area contributed by atoms with Crippen molar-refractivity contribution in [3.05, 3.63) is 93.9 Å². The first kappa shape index (κ1) is 46.4. The Hall–Kier alpha value is -5.61. The van der Waals surface area contributed by atoms with Gasteiger partial charge in [0.1, 0.15) is 28.6 Å². The van der Waals surface area contributed by atoms with E-state index in [2.05, 4.69) is 22.3 Å². The van der Waals surface area contributed by atoms with Crippen LogP contribution in [0.2, 0.25) is 0 Å². The molecule has 0 saturated carbocycles. The number of ketones is 1. The van der Waals surface area contributed by atoms with E-state index in [1.807, 2.05) is 18.2 Å². The number of Topliss-reactive ketones (excluding diaryl/α,β-unsaturated/α-hetero) is 1. The smallest absolute Gasteiger partial charge is 0.312 e. The van der Waals surface area contributed by atoms with Gasteiger partial charge in [0, 0.05) is 93.6 Å². The summed E-state index contributed by atoms with van der Waals surface area (Å²) in [5, 5.41) is 50.3. The summed E-state index contributed by atoms with van der Waals surface area (Å²) in [5.74, 6) is -6.99. The van der Waals surface area contributed by atoms with E-state index in [-0.39, 0.29) is 55.4 Å². The molecule has 4 heterocycles. The molecule has 15 heteroatoms. The minimum atomic E-state index is -1.97. The van der Waals surface area contributed by atoms with Crippen LogP contribution in [0.25, 0.3) is 10.8 Å². The van der Waals surface area contributed by atoms with Crippen LogP contribution in [-0.4, -0.2) is 99.1 Å². The second kappa shape index (κ2) is 18.1. The van der Waals surface area contributed by atoms with Crippen molar-refractivity contribution >= 4 is 34.1 Å². The van der Waals surface area contributed by atoms with Crippen LogP contribution >= 0.6 is 0 Å². The lowest BCUT2D eigenvalue weighted by Gasteiger charge is -2.38. The molecule has 3 aromatic carbocycles. The number of rotatable bonds is 4. The summed E-state index contributed by atoms with van der Waals surface area (Å²) in [6.07, 6.45) is 4.92. The number of esters is 1. The monoisotopic (exact) mass is 880 g/mol. The number of aliphatic hydroxyl groups excluding tert-OH is 2. The van der Waals surface area contributed by atoms with Crippen LogP contribution in [0.4, 0.5) is 5.69 Å². The molecule has 7 rings (SSSR count). The Bertz CT molecular complexity index is 2550. The summed E-state index contributed by atoms with van der Waals surface area (Å²) in [6, 6.07) is 10.1. The molecule has 1 saturated heterocycles. The zero-order valence-corrected chi connectivity index (χ0v) is 37.9. The molecule has 1 spiro atoms. The SMILES string of the molecule is CO[C@H]1/C=C/O[C@@]2(C)Oc3c(C)c(O)c4c(O)c(c5c(c4c3C2=O)=NC2(CCN(Cc3ccccc3)CC2)N=5)NC(=O)/C(C)=C\C=C\[C@H](C)[C@H](O)[C@@H](C)[C@@H](O)[C@@H](C)[C@H](OC(C)=O)[C@@H]1C. The minimum Gasteiger partial charge on any atom is -0.507 e.